The van der Waals surface area contributed by atoms with Gasteiger partial charge in [-0.25, -0.2) is 9.59 Å². The minimum absolute atomic E-state index is 0.0197. The first kappa shape index (κ1) is 19.5. The molecule has 1 N–H and O–H groups in total. The first-order valence-electron chi connectivity index (χ1n) is 7.81. The van der Waals surface area contributed by atoms with Crippen LogP contribution in [0.2, 0.25) is 0 Å². The van der Waals surface area contributed by atoms with Gasteiger partial charge in [-0.2, -0.15) is 0 Å². The number of hydrogen-bond acceptors (Lipinski definition) is 6. The Balaban J connectivity index is 1.94. The zero-order valence-electron chi connectivity index (χ0n) is 14.4. The van der Waals surface area contributed by atoms with E-state index >= 15 is 0 Å². The molecule has 0 atom stereocenters. The summed E-state index contributed by atoms with van der Waals surface area (Å²) in [5.41, 5.74) is 0.846. The molecule has 0 spiro atoms. The summed E-state index contributed by atoms with van der Waals surface area (Å²) in [4.78, 5) is 33.5. The molecule has 0 aromatic heterocycles. The predicted molar refractivity (Wildman–Crippen MR) is 95.9 cm³/mol. The molecule has 0 fully saturated rings. The monoisotopic (exact) mass is 368 g/mol. The number of carbonyl (C=O) groups is 2. The Bertz CT molecular complexity index is 899. The van der Waals surface area contributed by atoms with E-state index in [1.165, 1.54) is 19.2 Å². The molecule has 138 valence electrons. The number of benzene rings is 2. The van der Waals surface area contributed by atoms with Crippen LogP contribution in [0.1, 0.15) is 21.5 Å². The fourth-order valence-electron chi connectivity index (χ4n) is 2.06. The molecule has 0 aliphatic rings. The summed E-state index contributed by atoms with van der Waals surface area (Å²) < 4.78 is 9.59. The maximum absolute atomic E-state index is 11.6. The molecule has 2 rings (SSSR count). The molecule has 2 aromatic rings. The lowest BCUT2D eigenvalue weighted by Crippen LogP contribution is -2.24. The highest BCUT2D eigenvalue weighted by molar-refractivity contribution is 5.90. The van der Waals surface area contributed by atoms with Crippen LogP contribution in [0.5, 0.6) is 0 Å². The number of esters is 1. The van der Waals surface area contributed by atoms with Crippen LogP contribution >= 0.6 is 0 Å². The summed E-state index contributed by atoms with van der Waals surface area (Å²) in [6, 6.07) is 12.9. The van der Waals surface area contributed by atoms with Crippen molar-refractivity contribution in [3.05, 3.63) is 75.3 Å². The smallest absolute Gasteiger partial charge is 0.408 e. The van der Waals surface area contributed by atoms with Crippen LogP contribution in [0.25, 0.3) is 0 Å². The molecule has 0 unspecified atom stereocenters. The number of amides is 1. The van der Waals surface area contributed by atoms with E-state index in [4.69, 9.17) is 4.74 Å². The number of hydrogen-bond donors (Lipinski definition) is 1. The fraction of sp³-hybridized carbons (Fsp3) is 0.158. The molecule has 0 aliphatic carbocycles. The van der Waals surface area contributed by atoms with E-state index < -0.39 is 17.0 Å². The van der Waals surface area contributed by atoms with E-state index in [-0.39, 0.29) is 30.0 Å². The second kappa shape index (κ2) is 9.58. The molecule has 27 heavy (non-hydrogen) atoms. The van der Waals surface area contributed by atoms with Crippen molar-refractivity contribution >= 4 is 17.7 Å². The number of rotatable bonds is 5. The standard InChI is InChI=1S/C19H16N2O6/c1-26-18(22)16-10-15(11-17(12-16)21(24)25)8-5-9-20-19(23)27-13-14-6-3-2-4-7-14/h2-4,6-7,10-12H,9,13H2,1H3,(H,20,23). The predicted octanol–water partition coefficient (Wildman–Crippen LogP) is 2.66. The van der Waals surface area contributed by atoms with E-state index in [2.05, 4.69) is 21.9 Å². The minimum atomic E-state index is -0.704. The Kier molecular flexibility index (Phi) is 6.91. The summed E-state index contributed by atoms with van der Waals surface area (Å²) in [6.07, 6.45) is -0.637. The topological polar surface area (TPSA) is 108 Å². The number of non-ortho nitro benzene ring substituents is 1. The molecule has 0 saturated carbocycles. The van der Waals surface area contributed by atoms with Gasteiger partial charge in [0.25, 0.3) is 5.69 Å². The lowest BCUT2D eigenvalue weighted by molar-refractivity contribution is -0.384. The highest BCUT2D eigenvalue weighted by atomic mass is 16.6. The van der Waals surface area contributed by atoms with E-state index in [0.29, 0.717) is 0 Å². The van der Waals surface area contributed by atoms with Gasteiger partial charge in [-0.15, -0.1) is 0 Å². The van der Waals surface area contributed by atoms with Crippen molar-refractivity contribution in [1.29, 1.82) is 0 Å². The Morgan fingerprint density at radius 1 is 1.19 bits per heavy atom. The Morgan fingerprint density at radius 3 is 2.59 bits per heavy atom. The van der Waals surface area contributed by atoms with Crippen molar-refractivity contribution in [3.8, 4) is 11.8 Å². The quantitative estimate of drug-likeness (QED) is 0.376. The Labute approximate surface area is 155 Å². The van der Waals surface area contributed by atoms with Gasteiger partial charge < -0.3 is 14.8 Å². The van der Waals surface area contributed by atoms with Gasteiger partial charge in [0.1, 0.15) is 6.61 Å². The largest absolute Gasteiger partial charge is 0.465 e. The first-order chi connectivity index (χ1) is 13.0. The van der Waals surface area contributed by atoms with Gasteiger partial charge in [-0.1, -0.05) is 42.2 Å². The van der Waals surface area contributed by atoms with E-state index in [1.54, 1.807) is 0 Å². The van der Waals surface area contributed by atoms with Gasteiger partial charge in [0, 0.05) is 17.7 Å². The van der Waals surface area contributed by atoms with Crippen molar-refractivity contribution in [1.82, 2.24) is 5.32 Å². The SMILES string of the molecule is COC(=O)c1cc(C#CCNC(=O)OCc2ccccc2)cc([N+](=O)[O-])c1. The van der Waals surface area contributed by atoms with Crippen LogP contribution in [0.4, 0.5) is 10.5 Å². The van der Waals surface area contributed by atoms with Crippen LogP contribution < -0.4 is 5.32 Å². The summed E-state index contributed by atoms with van der Waals surface area (Å²) in [7, 11) is 1.18. The van der Waals surface area contributed by atoms with Crippen LogP contribution in [0, 0.1) is 22.0 Å². The molecule has 2 aromatic carbocycles. The number of alkyl carbamates (subject to hydrolysis) is 1. The number of methoxy groups -OCH3 is 1. The molecular formula is C19H16N2O6. The average Bonchev–Trinajstić information content (AvgIpc) is 2.69. The zero-order chi connectivity index (χ0) is 19.6. The summed E-state index contributed by atoms with van der Waals surface area (Å²) in [6.45, 7) is 0.108. The van der Waals surface area contributed by atoms with Gasteiger partial charge in [0.2, 0.25) is 0 Å². The maximum Gasteiger partial charge on any atom is 0.408 e. The van der Waals surface area contributed by atoms with Crippen LogP contribution in [-0.2, 0) is 16.1 Å². The van der Waals surface area contributed by atoms with Crippen LogP contribution in [0.3, 0.4) is 0 Å². The number of nitro benzene ring substituents is 1. The fourth-order valence-corrected chi connectivity index (χ4v) is 2.06. The van der Waals surface area contributed by atoms with E-state index in [1.807, 2.05) is 30.3 Å². The maximum atomic E-state index is 11.6. The van der Waals surface area contributed by atoms with E-state index in [9.17, 15) is 19.7 Å². The number of nitrogens with zero attached hydrogens (tertiary/aromatic N) is 1. The lowest BCUT2D eigenvalue weighted by Gasteiger charge is -2.04. The molecule has 0 aliphatic heterocycles. The average molecular weight is 368 g/mol. The van der Waals surface area contributed by atoms with Crippen molar-refractivity contribution in [2.75, 3.05) is 13.7 Å². The molecule has 1 amide bonds. The molecule has 0 saturated heterocycles. The molecular weight excluding hydrogens is 352 g/mol. The highest BCUT2D eigenvalue weighted by Gasteiger charge is 2.14. The third kappa shape index (κ3) is 6.17. The molecule has 8 heteroatoms. The van der Waals surface area contributed by atoms with Gasteiger partial charge in [0.15, 0.2) is 0 Å². The number of nitrogens with one attached hydrogen (secondary N) is 1. The van der Waals surface area contributed by atoms with Crippen molar-refractivity contribution < 1.29 is 24.0 Å². The minimum Gasteiger partial charge on any atom is -0.465 e. The normalized spacial score (nSPS) is 9.52. The van der Waals surface area contributed by atoms with Crippen LogP contribution in [-0.4, -0.2) is 30.6 Å². The summed E-state index contributed by atoms with van der Waals surface area (Å²) in [5.74, 6) is 4.60. The molecule has 0 radical (unpaired) electrons. The van der Waals surface area contributed by atoms with Gasteiger partial charge in [0.05, 0.1) is 24.1 Å². The Morgan fingerprint density at radius 2 is 1.93 bits per heavy atom. The van der Waals surface area contributed by atoms with Crippen LogP contribution in [0.15, 0.2) is 48.5 Å². The summed E-state index contributed by atoms with van der Waals surface area (Å²) in [5, 5.41) is 13.4. The van der Waals surface area contributed by atoms with Gasteiger partial charge in [-0.05, 0) is 11.6 Å². The third-order valence-electron chi connectivity index (χ3n) is 3.32. The van der Waals surface area contributed by atoms with Gasteiger partial charge >= 0.3 is 12.1 Å². The third-order valence-corrected chi connectivity index (χ3v) is 3.32. The number of ether oxygens (including phenoxy) is 2. The summed E-state index contributed by atoms with van der Waals surface area (Å²) >= 11 is 0. The van der Waals surface area contributed by atoms with Crippen molar-refractivity contribution in [3.63, 3.8) is 0 Å². The highest BCUT2D eigenvalue weighted by Crippen LogP contribution is 2.17. The van der Waals surface area contributed by atoms with Crippen molar-refractivity contribution in [2.24, 2.45) is 0 Å². The van der Waals surface area contributed by atoms with Gasteiger partial charge in [-0.3, -0.25) is 10.1 Å². The van der Waals surface area contributed by atoms with E-state index in [0.717, 1.165) is 11.6 Å². The molecule has 0 heterocycles. The number of carbonyl (C=O) groups excluding carboxylic acids is 2. The molecule has 0 bridgehead atoms. The number of nitro groups is 1. The first-order valence-corrected chi connectivity index (χ1v) is 7.81. The second-order valence-corrected chi connectivity index (χ2v) is 5.23. The second-order valence-electron chi connectivity index (χ2n) is 5.23. The molecule has 8 nitrogen and oxygen atoms in total. The Hall–Kier alpha value is -3.86. The lowest BCUT2D eigenvalue weighted by atomic mass is 10.1. The van der Waals surface area contributed by atoms with Crippen molar-refractivity contribution in [2.45, 2.75) is 6.61 Å². The zero-order valence-corrected chi connectivity index (χ0v) is 14.4.